The van der Waals surface area contributed by atoms with Crippen LogP contribution in [0.4, 0.5) is 0 Å². The Morgan fingerprint density at radius 2 is 1.62 bits per heavy atom. The zero-order valence-electron chi connectivity index (χ0n) is 21.3. The van der Waals surface area contributed by atoms with Gasteiger partial charge in [0.05, 0.1) is 22.9 Å². The molecule has 0 bridgehead atoms. The van der Waals surface area contributed by atoms with E-state index in [1.807, 2.05) is 66.7 Å². The lowest BCUT2D eigenvalue weighted by Crippen LogP contribution is -2.39. The highest BCUT2D eigenvalue weighted by Gasteiger charge is 2.56. The number of imide groups is 1. The molecule has 1 fully saturated rings. The number of hydrogen-bond donors (Lipinski definition) is 1. The maximum Gasteiger partial charge on any atom is 0.234 e. The first-order chi connectivity index (χ1) is 19.3. The van der Waals surface area contributed by atoms with E-state index in [1.54, 1.807) is 6.07 Å². The monoisotopic (exact) mass is 593 g/mol. The zero-order chi connectivity index (χ0) is 27.7. The number of Topliss-reactive ketones (excluding diaryl/α,β-unsaturated/α-hetero) is 1. The van der Waals surface area contributed by atoms with Gasteiger partial charge in [-0.2, -0.15) is 0 Å². The van der Waals surface area contributed by atoms with Gasteiger partial charge in [0.25, 0.3) is 0 Å². The minimum absolute atomic E-state index is 0.0482. The number of carbonyl (C=O) groups excluding carboxylic acids is 4. The third kappa shape index (κ3) is 3.60. The van der Waals surface area contributed by atoms with Gasteiger partial charge in [-0.25, -0.2) is 0 Å². The van der Waals surface area contributed by atoms with Crippen molar-refractivity contribution < 1.29 is 24.3 Å². The van der Waals surface area contributed by atoms with Crippen LogP contribution < -0.4 is 0 Å². The Morgan fingerprint density at radius 3 is 2.42 bits per heavy atom. The SMILES string of the molecule is O=C1C=C(Br)C(=O)C2=C1[C@@H](c1ccc3ccccc3c1O)C1=CC[C@@H]3C(=O)N(Cc4ccccc4)C(=O)[C@@H]3[C@@H]1C2. The quantitative estimate of drug-likeness (QED) is 0.246. The summed E-state index contributed by atoms with van der Waals surface area (Å²) in [5, 5.41) is 13.0. The molecule has 0 saturated carbocycles. The normalized spacial score (nSPS) is 26.0. The predicted molar refractivity (Wildman–Crippen MR) is 152 cm³/mol. The zero-order valence-corrected chi connectivity index (χ0v) is 22.9. The van der Waals surface area contributed by atoms with E-state index in [9.17, 15) is 24.3 Å². The van der Waals surface area contributed by atoms with Crippen LogP contribution in [0, 0.1) is 17.8 Å². The largest absolute Gasteiger partial charge is 0.507 e. The van der Waals surface area contributed by atoms with Crippen LogP contribution in [0.2, 0.25) is 0 Å². The number of carbonyl (C=O) groups is 4. The van der Waals surface area contributed by atoms with Crippen LogP contribution >= 0.6 is 15.9 Å². The molecule has 1 heterocycles. The molecule has 4 aliphatic rings. The lowest BCUT2D eigenvalue weighted by molar-refractivity contribution is -0.140. The molecule has 1 aliphatic heterocycles. The number of benzene rings is 3. The molecule has 1 N–H and O–H groups in total. The van der Waals surface area contributed by atoms with Crippen LogP contribution in [0.15, 0.2) is 100 Å². The standard InChI is InChI=1S/C33H24BrNO5/c34-25-15-26(36)29-24(31(25)38)14-23-20(27(29)21-11-10-18-8-4-5-9-19(18)30(21)37)12-13-22-28(23)33(40)35(32(22)39)16-17-6-2-1-3-7-17/h1-12,15,22-23,27-28,37H,13-14,16H2/t22-,23+,27+,28-/m0/s1. The van der Waals surface area contributed by atoms with Crippen molar-refractivity contribution >= 4 is 50.1 Å². The molecular formula is C33H24BrNO5. The number of ketones is 2. The van der Waals surface area contributed by atoms with Crippen LogP contribution in [-0.2, 0) is 25.7 Å². The number of fused-ring (bicyclic) bond motifs is 4. The molecule has 7 rings (SSSR count). The van der Waals surface area contributed by atoms with Crippen molar-refractivity contribution in [1.82, 2.24) is 4.90 Å². The van der Waals surface area contributed by atoms with Gasteiger partial charge < -0.3 is 5.11 Å². The number of phenols is 1. The highest BCUT2D eigenvalue weighted by atomic mass is 79.9. The first-order valence-corrected chi connectivity index (χ1v) is 14.1. The third-order valence-electron chi connectivity index (χ3n) is 8.85. The molecular weight excluding hydrogens is 570 g/mol. The molecule has 0 unspecified atom stereocenters. The molecule has 1 saturated heterocycles. The van der Waals surface area contributed by atoms with E-state index in [-0.39, 0.29) is 46.6 Å². The summed E-state index contributed by atoms with van der Waals surface area (Å²) in [6.45, 7) is 0.197. The van der Waals surface area contributed by atoms with Gasteiger partial charge in [0.1, 0.15) is 5.75 Å². The number of halogens is 1. The second kappa shape index (κ2) is 9.24. The summed E-state index contributed by atoms with van der Waals surface area (Å²) in [5.74, 6) is -3.28. The van der Waals surface area contributed by atoms with E-state index in [0.29, 0.717) is 28.5 Å². The van der Waals surface area contributed by atoms with Crippen molar-refractivity contribution in [3.8, 4) is 5.75 Å². The van der Waals surface area contributed by atoms with Crippen LogP contribution in [-0.4, -0.2) is 33.4 Å². The number of allylic oxidation sites excluding steroid dienone is 6. The molecule has 6 nitrogen and oxygen atoms in total. The Hall–Kier alpha value is -4.10. The van der Waals surface area contributed by atoms with Gasteiger partial charge in [-0.3, -0.25) is 24.1 Å². The van der Waals surface area contributed by atoms with Gasteiger partial charge in [0.2, 0.25) is 11.8 Å². The molecule has 0 spiro atoms. The molecule has 40 heavy (non-hydrogen) atoms. The second-order valence-electron chi connectivity index (χ2n) is 10.9. The van der Waals surface area contributed by atoms with E-state index in [0.717, 1.165) is 16.5 Å². The molecule has 4 atom stereocenters. The van der Waals surface area contributed by atoms with Crippen molar-refractivity contribution in [2.45, 2.75) is 25.3 Å². The number of rotatable bonds is 3. The molecule has 2 amide bonds. The Bertz CT molecular complexity index is 1750. The summed E-state index contributed by atoms with van der Waals surface area (Å²) in [4.78, 5) is 55.7. The lowest BCUT2D eigenvalue weighted by atomic mass is 9.59. The van der Waals surface area contributed by atoms with Crippen molar-refractivity contribution in [2.75, 3.05) is 0 Å². The highest BCUT2D eigenvalue weighted by Crippen LogP contribution is 2.56. The Morgan fingerprint density at radius 1 is 0.875 bits per heavy atom. The van der Waals surface area contributed by atoms with Crippen molar-refractivity contribution in [2.24, 2.45) is 17.8 Å². The first kappa shape index (κ1) is 24.9. The second-order valence-corrected chi connectivity index (χ2v) is 11.7. The predicted octanol–water partition coefficient (Wildman–Crippen LogP) is 5.51. The van der Waals surface area contributed by atoms with Gasteiger partial charge in [0, 0.05) is 34.1 Å². The first-order valence-electron chi connectivity index (χ1n) is 13.3. The van der Waals surface area contributed by atoms with Crippen LogP contribution in [0.5, 0.6) is 5.75 Å². The fourth-order valence-electron chi connectivity index (χ4n) is 7.05. The van der Waals surface area contributed by atoms with Crippen LogP contribution in [0.3, 0.4) is 0 Å². The summed E-state index contributed by atoms with van der Waals surface area (Å²) in [6, 6.07) is 20.6. The Labute approximate surface area is 238 Å². The summed E-state index contributed by atoms with van der Waals surface area (Å²) in [6.07, 6.45) is 3.82. The molecule has 0 aromatic heterocycles. The fraction of sp³-hybridized carbons (Fsp3) is 0.212. The molecule has 3 aliphatic carbocycles. The Balaban J connectivity index is 1.37. The maximum atomic E-state index is 13.9. The van der Waals surface area contributed by atoms with E-state index in [4.69, 9.17) is 0 Å². The third-order valence-corrected chi connectivity index (χ3v) is 9.44. The number of aromatic hydroxyl groups is 1. The van der Waals surface area contributed by atoms with Gasteiger partial charge in [0.15, 0.2) is 11.6 Å². The summed E-state index contributed by atoms with van der Waals surface area (Å²) in [5.41, 5.74) is 2.90. The van der Waals surface area contributed by atoms with Crippen molar-refractivity contribution in [3.05, 3.63) is 111 Å². The van der Waals surface area contributed by atoms with Gasteiger partial charge in [-0.15, -0.1) is 0 Å². The van der Waals surface area contributed by atoms with Crippen LogP contribution in [0.25, 0.3) is 10.8 Å². The van der Waals surface area contributed by atoms with Gasteiger partial charge >= 0.3 is 0 Å². The van der Waals surface area contributed by atoms with Crippen molar-refractivity contribution in [3.63, 3.8) is 0 Å². The minimum Gasteiger partial charge on any atom is -0.507 e. The molecule has 198 valence electrons. The molecule has 3 aromatic rings. The van der Waals surface area contributed by atoms with Gasteiger partial charge in [-0.1, -0.05) is 78.4 Å². The summed E-state index contributed by atoms with van der Waals surface area (Å²) < 4.78 is 0.178. The van der Waals surface area contributed by atoms with Crippen LogP contribution in [0.1, 0.15) is 29.9 Å². The van der Waals surface area contributed by atoms with E-state index >= 15 is 0 Å². The summed E-state index contributed by atoms with van der Waals surface area (Å²) >= 11 is 3.26. The fourth-order valence-corrected chi connectivity index (χ4v) is 7.50. The van der Waals surface area contributed by atoms with E-state index in [1.165, 1.54) is 11.0 Å². The van der Waals surface area contributed by atoms with Crippen molar-refractivity contribution in [1.29, 1.82) is 0 Å². The number of hydrogen-bond acceptors (Lipinski definition) is 5. The number of phenolic OH excluding ortho intramolecular Hbond substituents is 1. The smallest absolute Gasteiger partial charge is 0.234 e. The molecule has 7 heteroatoms. The summed E-state index contributed by atoms with van der Waals surface area (Å²) in [7, 11) is 0. The maximum absolute atomic E-state index is 13.9. The highest BCUT2D eigenvalue weighted by molar-refractivity contribution is 9.12. The number of nitrogens with zero attached hydrogens (tertiary/aromatic N) is 1. The lowest BCUT2D eigenvalue weighted by Gasteiger charge is -2.42. The number of amides is 2. The van der Waals surface area contributed by atoms with E-state index in [2.05, 4.69) is 15.9 Å². The molecule has 0 radical (unpaired) electrons. The van der Waals surface area contributed by atoms with Gasteiger partial charge in [-0.05, 0) is 45.6 Å². The topological polar surface area (TPSA) is 91.8 Å². The van der Waals surface area contributed by atoms with E-state index < -0.39 is 23.7 Å². The minimum atomic E-state index is -0.696. The average molecular weight is 594 g/mol. The molecule has 3 aromatic carbocycles. The average Bonchev–Trinajstić information content (AvgIpc) is 3.21. The number of likely N-dealkylation sites (tertiary alicyclic amines) is 1. The Kier molecular flexibility index (Phi) is 5.75.